The first-order valence-corrected chi connectivity index (χ1v) is 17.7. The molecule has 0 spiro atoms. The van der Waals surface area contributed by atoms with Crippen molar-refractivity contribution in [2.45, 2.75) is 57.9 Å². The Hall–Kier alpha value is -4.55. The van der Waals surface area contributed by atoms with E-state index in [1.54, 1.807) is 0 Å². The first-order valence-electron chi connectivity index (χ1n) is 17.3. The number of para-hydroxylation sites is 1. The van der Waals surface area contributed by atoms with Crippen LogP contribution in [0.1, 0.15) is 44.2 Å². The van der Waals surface area contributed by atoms with Gasteiger partial charge in [0.15, 0.2) is 0 Å². The minimum Gasteiger partial charge on any atom is -0.475 e. The minimum atomic E-state index is -5.08. The number of H-pyrrole nitrogens is 1. The summed E-state index contributed by atoms with van der Waals surface area (Å²) in [5, 5.41) is 22.0. The first-order chi connectivity index (χ1) is 25.6. The number of fused-ring (bicyclic) bond motifs is 2. The van der Waals surface area contributed by atoms with Gasteiger partial charge in [-0.1, -0.05) is 50.6 Å². The van der Waals surface area contributed by atoms with Gasteiger partial charge in [-0.3, -0.25) is 4.79 Å². The van der Waals surface area contributed by atoms with Gasteiger partial charge in [0.2, 0.25) is 5.91 Å². The number of anilines is 1. The smallest absolute Gasteiger partial charge is 0.475 e. The fraction of sp³-hybridized carbons (Fsp3) is 0.500. The molecule has 3 aromatic rings. The second kappa shape index (κ2) is 20.9. The fourth-order valence-electron chi connectivity index (χ4n) is 6.02. The lowest BCUT2D eigenvalue weighted by Gasteiger charge is -2.38. The Morgan fingerprint density at radius 1 is 0.982 bits per heavy atom. The molecule has 0 aliphatic carbocycles. The summed E-state index contributed by atoms with van der Waals surface area (Å²) in [5.74, 6) is -5.66. The van der Waals surface area contributed by atoms with E-state index in [1.165, 1.54) is 0 Å². The van der Waals surface area contributed by atoms with E-state index in [1.807, 2.05) is 68.5 Å². The quantitative estimate of drug-likeness (QED) is 0.105. The van der Waals surface area contributed by atoms with Crippen LogP contribution in [0.15, 0.2) is 48.7 Å². The number of amides is 3. The Kier molecular flexibility index (Phi) is 17.7. The van der Waals surface area contributed by atoms with Crippen LogP contribution < -0.4 is 15.5 Å². The van der Waals surface area contributed by atoms with Crippen LogP contribution >= 0.6 is 11.6 Å². The molecule has 3 atom stereocenters. The fourth-order valence-corrected chi connectivity index (χ4v) is 6.21. The molecule has 0 saturated heterocycles. The molecule has 5 N–H and O–H groups in total. The summed E-state index contributed by atoms with van der Waals surface area (Å²) < 4.78 is 63.5. The topological polar surface area (TPSA) is 158 Å². The zero-order valence-electron chi connectivity index (χ0n) is 31.0. The highest BCUT2D eigenvalue weighted by Crippen LogP contribution is 2.35. The van der Waals surface area contributed by atoms with E-state index in [4.69, 9.17) is 31.4 Å². The number of halogens is 7. The van der Waals surface area contributed by atoms with Gasteiger partial charge < -0.3 is 40.5 Å². The zero-order valence-corrected chi connectivity index (χ0v) is 31.8. The van der Waals surface area contributed by atoms with E-state index in [2.05, 4.69) is 45.3 Å². The summed E-state index contributed by atoms with van der Waals surface area (Å²) >= 11 is 6.38. The molecule has 306 valence electrons. The zero-order chi connectivity index (χ0) is 41.7. The van der Waals surface area contributed by atoms with Crippen LogP contribution in [0.3, 0.4) is 0 Å². The second-order valence-electron chi connectivity index (χ2n) is 13.0. The molecule has 12 nitrogen and oxygen atoms in total. The number of carboxylic acids is 2. The summed E-state index contributed by atoms with van der Waals surface area (Å²) in [7, 11) is 4.10. The summed E-state index contributed by atoms with van der Waals surface area (Å²) in [6.45, 7) is 11.2. The van der Waals surface area contributed by atoms with Crippen LogP contribution in [-0.2, 0) is 20.8 Å². The van der Waals surface area contributed by atoms with Gasteiger partial charge in [-0.25, -0.2) is 14.4 Å². The van der Waals surface area contributed by atoms with Gasteiger partial charge in [0.25, 0.3) is 0 Å². The molecule has 2 aromatic carbocycles. The second-order valence-corrected chi connectivity index (χ2v) is 13.4. The number of hydrogen-bond acceptors (Lipinski definition) is 6. The summed E-state index contributed by atoms with van der Waals surface area (Å²) in [4.78, 5) is 55.2. The molecule has 1 aliphatic rings. The third-order valence-corrected chi connectivity index (χ3v) is 8.89. The molecule has 0 fully saturated rings. The summed E-state index contributed by atoms with van der Waals surface area (Å²) in [5.41, 5.74) is 3.93. The highest BCUT2D eigenvalue weighted by molar-refractivity contribution is 6.30. The third kappa shape index (κ3) is 14.6. The Balaban J connectivity index is 0.000000633. The average molecular weight is 809 g/mol. The standard InChI is InChI=1S/C32H45ClN6O2.2C2HF3O2/c1-6-38(7-2)16-10-15-34-32(41)36-30(22(3)27-19-35-28-12-9-8-11-26(27)28)31(40)39-21-23(20-37(4)5)17-24-18-25(33)13-14-29(24)39;2*3-2(4,5)1(6)7/h8-9,11-14,18-19,22-23,30,35H,6-7,10,15-17,20-21H2,1-5H3,(H2,34,36,41);2*(H,6,7)/t22?,23-,30?;;/m1../s1. The van der Waals surface area contributed by atoms with Crippen molar-refractivity contribution in [3.63, 3.8) is 0 Å². The van der Waals surface area contributed by atoms with Gasteiger partial charge in [-0.05, 0) is 87.9 Å². The summed E-state index contributed by atoms with van der Waals surface area (Å²) in [6, 6.07) is 12.7. The molecule has 0 bridgehead atoms. The number of alkyl halides is 6. The van der Waals surface area contributed by atoms with Gasteiger partial charge >= 0.3 is 30.3 Å². The molecule has 55 heavy (non-hydrogen) atoms. The Morgan fingerprint density at radius 2 is 1.56 bits per heavy atom. The Bertz CT molecular complexity index is 1710. The van der Waals surface area contributed by atoms with Crippen LogP contribution in [0.25, 0.3) is 10.9 Å². The van der Waals surface area contributed by atoms with E-state index in [-0.39, 0.29) is 23.8 Å². The molecule has 0 saturated carbocycles. The molecule has 19 heteroatoms. The lowest BCUT2D eigenvalue weighted by Crippen LogP contribution is -2.56. The average Bonchev–Trinajstić information content (AvgIpc) is 3.53. The number of carboxylic acid groups (broad SMARTS) is 2. The highest BCUT2D eigenvalue weighted by Gasteiger charge is 2.39. The van der Waals surface area contributed by atoms with Crippen molar-refractivity contribution in [1.29, 1.82) is 0 Å². The molecular formula is C36H47ClF6N6O6. The number of nitrogens with zero attached hydrogens (tertiary/aromatic N) is 3. The lowest BCUT2D eigenvalue weighted by atomic mass is 9.88. The van der Waals surface area contributed by atoms with Crippen molar-refractivity contribution in [2.75, 3.05) is 58.3 Å². The highest BCUT2D eigenvalue weighted by atomic mass is 35.5. The molecule has 1 aliphatic heterocycles. The van der Waals surface area contributed by atoms with Gasteiger partial charge in [0, 0.05) is 53.4 Å². The Morgan fingerprint density at radius 3 is 2.11 bits per heavy atom. The van der Waals surface area contributed by atoms with Crippen molar-refractivity contribution in [2.24, 2.45) is 5.92 Å². The molecule has 0 radical (unpaired) electrons. The predicted molar refractivity (Wildman–Crippen MR) is 196 cm³/mol. The van der Waals surface area contributed by atoms with Crippen LogP contribution in [0, 0.1) is 5.92 Å². The van der Waals surface area contributed by atoms with Crippen molar-refractivity contribution in [3.05, 3.63) is 64.8 Å². The van der Waals surface area contributed by atoms with Gasteiger partial charge in [0.05, 0.1) is 0 Å². The maximum atomic E-state index is 14.5. The lowest BCUT2D eigenvalue weighted by molar-refractivity contribution is -0.193. The van der Waals surface area contributed by atoms with E-state index in [0.717, 1.165) is 66.7 Å². The van der Waals surface area contributed by atoms with Gasteiger partial charge in [0.1, 0.15) is 6.04 Å². The third-order valence-electron chi connectivity index (χ3n) is 8.65. The molecule has 1 aromatic heterocycles. The number of aromatic nitrogens is 1. The molecule has 3 amide bonds. The maximum Gasteiger partial charge on any atom is 0.490 e. The van der Waals surface area contributed by atoms with Gasteiger partial charge in [-0.2, -0.15) is 26.3 Å². The molecule has 4 rings (SSSR count). The first kappa shape index (κ1) is 46.6. The molecular weight excluding hydrogens is 762 g/mol. The predicted octanol–water partition coefficient (Wildman–Crippen LogP) is 6.36. The largest absolute Gasteiger partial charge is 0.490 e. The van der Waals surface area contributed by atoms with E-state index >= 15 is 0 Å². The molecule has 2 unspecified atom stereocenters. The number of rotatable bonds is 12. The van der Waals surface area contributed by atoms with Crippen molar-refractivity contribution in [3.8, 4) is 0 Å². The number of urea groups is 1. The van der Waals surface area contributed by atoms with Crippen LogP contribution in [0.5, 0.6) is 0 Å². The summed E-state index contributed by atoms with van der Waals surface area (Å²) in [6.07, 6.45) is -6.52. The maximum absolute atomic E-state index is 14.5. The van der Waals surface area contributed by atoms with Crippen molar-refractivity contribution >= 4 is 52.1 Å². The minimum absolute atomic E-state index is 0.117. The number of benzene rings is 2. The van der Waals surface area contributed by atoms with E-state index in [9.17, 15) is 35.9 Å². The number of aliphatic carboxylic acids is 2. The van der Waals surface area contributed by atoms with Crippen molar-refractivity contribution < 1.29 is 55.7 Å². The number of carbonyl (C=O) groups excluding carboxylic acids is 2. The van der Waals surface area contributed by atoms with E-state index < -0.39 is 30.3 Å². The van der Waals surface area contributed by atoms with Crippen molar-refractivity contribution in [1.82, 2.24) is 25.4 Å². The Labute approximate surface area is 319 Å². The van der Waals surface area contributed by atoms with E-state index in [0.29, 0.717) is 18.1 Å². The molecule has 2 heterocycles. The normalized spacial score (nSPS) is 15.2. The van der Waals surface area contributed by atoms with Crippen LogP contribution in [0.4, 0.5) is 36.8 Å². The van der Waals surface area contributed by atoms with Crippen LogP contribution in [-0.4, -0.2) is 121 Å². The van der Waals surface area contributed by atoms with Crippen LogP contribution in [0.2, 0.25) is 5.02 Å². The van der Waals surface area contributed by atoms with Gasteiger partial charge in [-0.15, -0.1) is 0 Å². The monoisotopic (exact) mass is 808 g/mol. The number of hydrogen-bond donors (Lipinski definition) is 5. The number of carbonyl (C=O) groups is 4. The SMILES string of the molecule is CCN(CC)CCCNC(=O)NC(C(=O)N1C[C@@H](CN(C)C)Cc2cc(Cl)ccc21)C(C)c1c[nH]c2ccccc12.O=C(O)C(F)(F)F.O=C(O)C(F)(F)F. The number of aromatic amines is 1. The number of nitrogens with one attached hydrogen (secondary N) is 3.